The Morgan fingerprint density at radius 2 is 1.74 bits per heavy atom. The number of aromatic nitrogens is 5. The van der Waals surface area contributed by atoms with Gasteiger partial charge in [-0.3, -0.25) is 0 Å². The summed E-state index contributed by atoms with van der Waals surface area (Å²) < 4.78 is 39.2. The van der Waals surface area contributed by atoms with Gasteiger partial charge in [-0.15, -0.1) is 0 Å². The van der Waals surface area contributed by atoms with Crippen LogP contribution in [-0.2, 0) is 10.0 Å². The Kier molecular flexibility index (Phi) is 5.69. The number of H-pyrrole nitrogens is 1. The van der Waals surface area contributed by atoms with Gasteiger partial charge in [0.05, 0.1) is 30.3 Å². The van der Waals surface area contributed by atoms with E-state index in [1.54, 1.807) is 30.6 Å². The third-order valence-electron chi connectivity index (χ3n) is 4.25. The Hall–Kier alpha value is -2.96. The SMILES string of the molecule is COc1nc(NS(=O)(=O)c2c[nH]c3c(-c4ncccn4)c(Cl)ccc23)nc(OC)c1Br. The van der Waals surface area contributed by atoms with Crippen LogP contribution in [0.15, 0.2) is 46.2 Å². The molecule has 13 heteroatoms. The molecular weight excluding hydrogens is 512 g/mol. The van der Waals surface area contributed by atoms with E-state index < -0.39 is 10.0 Å². The highest BCUT2D eigenvalue weighted by Crippen LogP contribution is 2.36. The van der Waals surface area contributed by atoms with Crippen molar-refractivity contribution in [2.24, 2.45) is 0 Å². The first kappa shape index (κ1) is 21.3. The monoisotopic (exact) mass is 524 g/mol. The van der Waals surface area contributed by atoms with Gasteiger partial charge >= 0.3 is 0 Å². The van der Waals surface area contributed by atoms with E-state index in [9.17, 15) is 8.42 Å². The zero-order valence-electron chi connectivity index (χ0n) is 16.1. The van der Waals surface area contributed by atoms with Crippen LogP contribution in [0.1, 0.15) is 0 Å². The molecule has 0 saturated carbocycles. The first-order valence-corrected chi connectivity index (χ1v) is 11.3. The lowest BCUT2D eigenvalue weighted by Gasteiger charge is -2.11. The second-order valence-corrected chi connectivity index (χ2v) is 8.91. The molecule has 10 nitrogen and oxygen atoms in total. The van der Waals surface area contributed by atoms with Crippen LogP contribution in [0.25, 0.3) is 22.3 Å². The van der Waals surface area contributed by atoms with Crippen LogP contribution < -0.4 is 14.2 Å². The minimum absolute atomic E-state index is 0.0270. The molecule has 4 rings (SSSR count). The van der Waals surface area contributed by atoms with Crippen LogP contribution in [0.5, 0.6) is 11.8 Å². The topological polar surface area (TPSA) is 132 Å². The minimum Gasteiger partial charge on any atom is -0.480 e. The number of fused-ring (bicyclic) bond motifs is 1. The molecule has 160 valence electrons. The van der Waals surface area contributed by atoms with Crippen molar-refractivity contribution in [3.05, 3.63) is 46.3 Å². The molecule has 1 aromatic carbocycles. The lowest BCUT2D eigenvalue weighted by Crippen LogP contribution is -2.15. The van der Waals surface area contributed by atoms with Gasteiger partial charge in [-0.2, -0.15) is 9.97 Å². The number of nitrogens with zero attached hydrogens (tertiary/aromatic N) is 4. The molecule has 0 amide bonds. The fourth-order valence-electron chi connectivity index (χ4n) is 2.92. The Balaban J connectivity index is 1.81. The van der Waals surface area contributed by atoms with Crippen LogP contribution in [0.4, 0.5) is 5.95 Å². The lowest BCUT2D eigenvalue weighted by atomic mass is 10.1. The van der Waals surface area contributed by atoms with Crippen LogP contribution in [-0.4, -0.2) is 47.6 Å². The predicted molar refractivity (Wildman–Crippen MR) is 118 cm³/mol. The molecular formula is C18H14BrClN6O4S. The number of halogens is 2. The summed E-state index contributed by atoms with van der Waals surface area (Å²) in [5.74, 6) is 0.368. The summed E-state index contributed by atoms with van der Waals surface area (Å²) in [4.78, 5) is 19.5. The zero-order chi connectivity index (χ0) is 22.2. The summed E-state index contributed by atoms with van der Waals surface area (Å²) in [5, 5.41) is 0.776. The zero-order valence-corrected chi connectivity index (χ0v) is 19.2. The van der Waals surface area contributed by atoms with Crippen molar-refractivity contribution in [2.45, 2.75) is 4.90 Å². The molecule has 4 aromatic rings. The highest BCUT2D eigenvalue weighted by Gasteiger charge is 2.25. The summed E-state index contributed by atoms with van der Waals surface area (Å²) >= 11 is 9.60. The molecule has 0 aliphatic carbocycles. The van der Waals surface area contributed by atoms with E-state index in [-0.39, 0.29) is 22.6 Å². The van der Waals surface area contributed by atoms with Crippen LogP contribution in [0.2, 0.25) is 5.02 Å². The molecule has 0 radical (unpaired) electrons. The summed E-state index contributed by atoms with van der Waals surface area (Å²) in [7, 11) is -1.31. The maximum Gasteiger partial charge on any atom is 0.266 e. The molecule has 0 unspecified atom stereocenters. The number of rotatable bonds is 6. The molecule has 3 aromatic heterocycles. The summed E-state index contributed by atoms with van der Waals surface area (Å²) in [5.41, 5.74) is 0.968. The lowest BCUT2D eigenvalue weighted by molar-refractivity contribution is 0.368. The van der Waals surface area contributed by atoms with Crippen molar-refractivity contribution in [2.75, 3.05) is 18.9 Å². The third kappa shape index (κ3) is 3.89. The van der Waals surface area contributed by atoms with Crippen molar-refractivity contribution in [3.8, 4) is 23.1 Å². The van der Waals surface area contributed by atoms with Crippen LogP contribution >= 0.6 is 27.5 Å². The van der Waals surface area contributed by atoms with Gasteiger partial charge in [0.1, 0.15) is 9.37 Å². The molecule has 2 N–H and O–H groups in total. The van der Waals surface area contributed by atoms with Gasteiger partial charge in [0.15, 0.2) is 5.82 Å². The number of aromatic amines is 1. The van der Waals surface area contributed by atoms with Crippen molar-refractivity contribution >= 4 is 54.4 Å². The summed E-state index contributed by atoms with van der Waals surface area (Å²) in [6, 6.07) is 4.86. The Labute approximate surface area is 190 Å². The fourth-order valence-corrected chi connectivity index (χ4v) is 4.77. The van der Waals surface area contributed by atoms with Crippen molar-refractivity contribution < 1.29 is 17.9 Å². The number of ether oxygens (including phenoxy) is 2. The maximum absolute atomic E-state index is 13.1. The molecule has 31 heavy (non-hydrogen) atoms. The number of nitrogens with one attached hydrogen (secondary N) is 2. The standard InChI is InChI=1S/C18H14BrClN6O4S/c1-29-16-13(19)17(30-2)25-18(24-16)26-31(27,28)11-8-23-14-9(11)4-5-10(20)12(14)15-21-6-3-7-22-15/h3-8,23H,1-2H3,(H,24,25,26). The molecule has 0 fully saturated rings. The highest BCUT2D eigenvalue weighted by atomic mass is 79.9. The molecule has 0 spiro atoms. The van der Waals surface area contributed by atoms with E-state index in [1.165, 1.54) is 20.4 Å². The van der Waals surface area contributed by atoms with Gasteiger partial charge in [0, 0.05) is 24.0 Å². The normalized spacial score (nSPS) is 11.5. The van der Waals surface area contributed by atoms with Gasteiger partial charge in [-0.05, 0) is 34.1 Å². The number of methoxy groups -OCH3 is 2. The van der Waals surface area contributed by atoms with Crippen molar-refractivity contribution in [1.29, 1.82) is 0 Å². The highest BCUT2D eigenvalue weighted by molar-refractivity contribution is 9.10. The van der Waals surface area contributed by atoms with E-state index in [0.717, 1.165) is 0 Å². The van der Waals surface area contributed by atoms with E-state index in [4.69, 9.17) is 21.1 Å². The molecule has 0 aliphatic rings. The molecule has 0 bridgehead atoms. The largest absolute Gasteiger partial charge is 0.480 e. The Morgan fingerprint density at radius 1 is 1.10 bits per heavy atom. The number of anilines is 1. The van der Waals surface area contributed by atoms with Gasteiger partial charge in [0.2, 0.25) is 17.7 Å². The smallest absolute Gasteiger partial charge is 0.266 e. The second kappa shape index (κ2) is 8.29. The van der Waals surface area contributed by atoms with E-state index >= 15 is 0 Å². The van der Waals surface area contributed by atoms with E-state index in [2.05, 4.69) is 45.6 Å². The van der Waals surface area contributed by atoms with Gasteiger partial charge < -0.3 is 14.5 Å². The number of hydrogen-bond donors (Lipinski definition) is 2. The molecule has 0 atom stereocenters. The number of hydrogen-bond acceptors (Lipinski definition) is 8. The summed E-state index contributed by atoms with van der Waals surface area (Å²) in [6.07, 6.45) is 4.50. The quantitative estimate of drug-likeness (QED) is 0.390. The summed E-state index contributed by atoms with van der Waals surface area (Å²) in [6.45, 7) is 0. The maximum atomic E-state index is 13.1. The number of benzene rings is 1. The second-order valence-electron chi connectivity index (χ2n) is 6.06. The van der Waals surface area contributed by atoms with Crippen molar-refractivity contribution in [3.63, 3.8) is 0 Å². The van der Waals surface area contributed by atoms with Gasteiger partial charge in [0.25, 0.3) is 10.0 Å². The first-order chi connectivity index (χ1) is 14.9. The minimum atomic E-state index is -4.09. The van der Waals surface area contributed by atoms with E-state index in [1.807, 2.05) is 0 Å². The third-order valence-corrected chi connectivity index (χ3v) is 6.61. The fraction of sp³-hybridized carbons (Fsp3) is 0.111. The first-order valence-electron chi connectivity index (χ1n) is 8.61. The van der Waals surface area contributed by atoms with E-state index in [0.29, 0.717) is 31.8 Å². The van der Waals surface area contributed by atoms with Gasteiger partial charge in [-0.1, -0.05) is 11.6 Å². The Morgan fingerprint density at radius 3 is 2.35 bits per heavy atom. The average Bonchev–Trinajstić information content (AvgIpc) is 3.20. The van der Waals surface area contributed by atoms with Gasteiger partial charge in [-0.25, -0.2) is 23.1 Å². The Bertz CT molecular complexity index is 1360. The van der Waals surface area contributed by atoms with Crippen LogP contribution in [0.3, 0.4) is 0 Å². The van der Waals surface area contributed by atoms with Crippen molar-refractivity contribution in [1.82, 2.24) is 24.9 Å². The number of sulfonamides is 1. The predicted octanol–water partition coefficient (Wildman–Crippen LogP) is 3.65. The molecule has 3 heterocycles. The van der Waals surface area contributed by atoms with Crippen LogP contribution in [0, 0.1) is 0 Å². The molecule has 0 aliphatic heterocycles. The molecule has 0 saturated heterocycles. The average molecular weight is 526 g/mol.